The molecule has 6 aromatic rings. The number of ether oxygens (including phenoxy) is 1. The molecule has 0 unspecified atom stereocenters. The number of aromatic carboxylic acids is 1. The molecule has 1 heterocycles. The first kappa shape index (κ1) is 42.7. The second-order valence-corrected chi connectivity index (χ2v) is 13.8. The molecule has 6 rings (SSSR count). The lowest BCUT2D eigenvalue weighted by molar-refractivity contribution is -0.123. The zero-order valence-electron chi connectivity index (χ0n) is 32.9. The van der Waals surface area contributed by atoms with Crippen molar-refractivity contribution in [1.29, 1.82) is 5.26 Å². The minimum atomic E-state index is -1.37. The number of carboxylic acids is 1. The fraction of sp³-hybridized carbons (Fsp3) is 0.114. The molecule has 0 saturated carbocycles. The molecule has 0 aliphatic heterocycles. The summed E-state index contributed by atoms with van der Waals surface area (Å²) in [6, 6.07) is 27.5. The van der Waals surface area contributed by atoms with Gasteiger partial charge in [-0.25, -0.2) is 4.79 Å². The predicted octanol–water partition coefficient (Wildman–Crippen LogP) is 5.32. The zero-order chi connectivity index (χ0) is 44.5. The van der Waals surface area contributed by atoms with E-state index in [0.29, 0.717) is 22.5 Å². The lowest BCUT2D eigenvalue weighted by Gasteiger charge is -2.19. The van der Waals surface area contributed by atoms with Crippen molar-refractivity contribution in [1.82, 2.24) is 20.7 Å². The molecule has 62 heavy (non-hydrogen) atoms. The van der Waals surface area contributed by atoms with Crippen LogP contribution in [0.1, 0.15) is 67.3 Å². The standard InChI is InChI=1S/C44H37N9O9/c1-23(2)62-39-33(20-19-32(38(39)55)42(58)47-30-17-13-29(14-18-30)44(60)61)49-40(56)28-11-15-31(16-12-28)48-43(59)34(21-35(46)54)50-41(57)27-9-7-26(8-10-27)37-36(51-53-52-37)25-5-3-24(22-45)4-6-25/h3-20,23,34,55H,21H2,1-2H3,(H2,46,54)(H,47,58)(H,48,59)(H,49,56)(H,50,57)(H,60,61)(H,51,52,53)/t34-/m0/s1. The molecule has 0 radical (unpaired) electrons. The Morgan fingerprint density at radius 2 is 1.24 bits per heavy atom. The summed E-state index contributed by atoms with van der Waals surface area (Å²) in [4.78, 5) is 76.1. The number of phenolic OH excluding ortho intramolecular Hbond substituents is 1. The predicted molar refractivity (Wildman–Crippen MR) is 225 cm³/mol. The summed E-state index contributed by atoms with van der Waals surface area (Å²) < 4.78 is 5.78. The summed E-state index contributed by atoms with van der Waals surface area (Å²) in [5.41, 5.74) is 8.98. The van der Waals surface area contributed by atoms with Crippen LogP contribution in [0.15, 0.2) is 109 Å². The topological polar surface area (TPSA) is 292 Å². The summed E-state index contributed by atoms with van der Waals surface area (Å²) in [6.07, 6.45) is -0.998. The number of aromatic amines is 1. The molecule has 1 atom stereocenters. The molecule has 18 nitrogen and oxygen atoms in total. The summed E-state index contributed by atoms with van der Waals surface area (Å²) in [5.74, 6) is -5.47. The molecule has 0 aliphatic rings. The summed E-state index contributed by atoms with van der Waals surface area (Å²) in [7, 11) is 0. The first-order chi connectivity index (χ1) is 29.7. The number of carbonyl (C=O) groups excluding carboxylic acids is 5. The van der Waals surface area contributed by atoms with Gasteiger partial charge in [0.2, 0.25) is 11.8 Å². The Labute approximate surface area is 352 Å². The maximum atomic E-state index is 13.3. The molecule has 312 valence electrons. The molecule has 0 bridgehead atoms. The minimum Gasteiger partial charge on any atom is -0.504 e. The number of nitriles is 1. The maximum Gasteiger partial charge on any atom is 0.335 e. The highest BCUT2D eigenvalue weighted by atomic mass is 16.5. The Kier molecular flexibility index (Phi) is 13.0. The van der Waals surface area contributed by atoms with E-state index in [1.54, 1.807) is 50.2 Å². The number of carbonyl (C=O) groups is 6. The maximum absolute atomic E-state index is 13.3. The molecule has 5 aromatic carbocycles. The van der Waals surface area contributed by atoms with Gasteiger partial charge in [-0.3, -0.25) is 24.0 Å². The van der Waals surface area contributed by atoms with Crippen LogP contribution in [0.4, 0.5) is 17.1 Å². The van der Waals surface area contributed by atoms with E-state index in [9.17, 15) is 33.9 Å². The van der Waals surface area contributed by atoms with Gasteiger partial charge in [0.1, 0.15) is 17.4 Å². The van der Waals surface area contributed by atoms with Crippen LogP contribution in [-0.4, -0.2) is 73.3 Å². The second kappa shape index (κ2) is 18.8. The molecule has 9 N–H and O–H groups in total. The molecule has 0 aliphatic carbocycles. The lowest BCUT2D eigenvalue weighted by Crippen LogP contribution is -2.46. The number of nitrogens with zero attached hydrogens (tertiary/aromatic N) is 3. The van der Waals surface area contributed by atoms with E-state index in [-0.39, 0.29) is 45.1 Å². The molecule has 18 heteroatoms. The average Bonchev–Trinajstić information content (AvgIpc) is 3.75. The number of rotatable bonds is 15. The highest BCUT2D eigenvalue weighted by Gasteiger charge is 2.25. The van der Waals surface area contributed by atoms with Crippen LogP contribution in [0, 0.1) is 11.3 Å². The van der Waals surface area contributed by atoms with E-state index >= 15 is 0 Å². The average molecular weight is 836 g/mol. The van der Waals surface area contributed by atoms with Crippen LogP contribution >= 0.6 is 0 Å². The van der Waals surface area contributed by atoms with E-state index in [1.165, 1.54) is 72.8 Å². The SMILES string of the molecule is CC(C)Oc1c(NC(=O)c2ccc(NC(=O)[C@H](CC(N)=O)NC(=O)c3ccc(-c4n[nH]nc4-c4ccc(C#N)cc4)cc3)cc2)ccc(C(=O)Nc2ccc(C(=O)O)cc2)c1O. The van der Waals surface area contributed by atoms with Crippen LogP contribution in [0.2, 0.25) is 0 Å². The Balaban J connectivity index is 1.10. The van der Waals surface area contributed by atoms with Gasteiger partial charge in [-0.15, -0.1) is 0 Å². The van der Waals surface area contributed by atoms with Crippen LogP contribution in [0.25, 0.3) is 22.5 Å². The van der Waals surface area contributed by atoms with Crippen molar-refractivity contribution in [3.63, 3.8) is 0 Å². The fourth-order valence-corrected chi connectivity index (χ4v) is 6.00. The molecule has 0 spiro atoms. The van der Waals surface area contributed by atoms with Gasteiger partial charge in [-0.05, 0) is 98.8 Å². The highest BCUT2D eigenvalue weighted by molar-refractivity contribution is 6.10. The number of aromatic hydroxyl groups is 1. The number of carboxylic acid groups (broad SMARTS) is 1. The summed E-state index contributed by atoms with van der Waals surface area (Å²) >= 11 is 0. The Bertz CT molecular complexity index is 2710. The third-order valence-corrected chi connectivity index (χ3v) is 9.07. The van der Waals surface area contributed by atoms with Crippen LogP contribution in [-0.2, 0) is 9.59 Å². The first-order valence-corrected chi connectivity index (χ1v) is 18.7. The Hall–Kier alpha value is -8.85. The molecular formula is C44H37N9O9. The van der Waals surface area contributed by atoms with Crippen molar-refractivity contribution in [3.05, 3.63) is 137 Å². The minimum absolute atomic E-state index is 0.0232. The van der Waals surface area contributed by atoms with Crippen LogP contribution < -0.4 is 31.7 Å². The van der Waals surface area contributed by atoms with Gasteiger partial charge in [-0.1, -0.05) is 24.3 Å². The van der Waals surface area contributed by atoms with Crippen molar-refractivity contribution >= 4 is 52.6 Å². The van der Waals surface area contributed by atoms with Gasteiger partial charge in [0.25, 0.3) is 17.7 Å². The van der Waals surface area contributed by atoms with Crippen molar-refractivity contribution in [3.8, 4) is 40.1 Å². The van der Waals surface area contributed by atoms with Crippen molar-refractivity contribution < 1.29 is 43.7 Å². The van der Waals surface area contributed by atoms with Gasteiger partial charge < -0.3 is 42.0 Å². The Morgan fingerprint density at radius 3 is 1.79 bits per heavy atom. The van der Waals surface area contributed by atoms with Gasteiger partial charge >= 0.3 is 5.97 Å². The molecule has 5 amide bonds. The van der Waals surface area contributed by atoms with Crippen molar-refractivity contribution in [2.45, 2.75) is 32.4 Å². The highest BCUT2D eigenvalue weighted by Crippen LogP contribution is 2.39. The van der Waals surface area contributed by atoms with E-state index < -0.39 is 59.8 Å². The number of phenols is 1. The lowest BCUT2D eigenvalue weighted by atomic mass is 10.0. The monoisotopic (exact) mass is 835 g/mol. The number of amides is 5. The number of benzene rings is 5. The van der Waals surface area contributed by atoms with E-state index in [2.05, 4.69) is 42.7 Å². The van der Waals surface area contributed by atoms with Gasteiger partial charge in [-0.2, -0.15) is 20.7 Å². The number of primary amides is 1. The van der Waals surface area contributed by atoms with E-state index in [4.69, 9.17) is 20.8 Å². The van der Waals surface area contributed by atoms with Crippen LogP contribution in [0.3, 0.4) is 0 Å². The largest absolute Gasteiger partial charge is 0.504 e. The van der Waals surface area contributed by atoms with E-state index in [0.717, 1.165) is 5.56 Å². The first-order valence-electron chi connectivity index (χ1n) is 18.7. The molecular weight excluding hydrogens is 799 g/mol. The number of hydrogen-bond acceptors (Lipinski definition) is 11. The molecule has 0 fully saturated rings. The van der Waals surface area contributed by atoms with E-state index in [1.807, 2.05) is 0 Å². The molecule has 0 saturated heterocycles. The number of nitrogens with two attached hydrogens (primary N) is 1. The van der Waals surface area contributed by atoms with Crippen LogP contribution in [0.5, 0.6) is 11.5 Å². The van der Waals surface area contributed by atoms with Gasteiger partial charge in [0.15, 0.2) is 11.5 Å². The summed E-state index contributed by atoms with van der Waals surface area (Å²) in [5, 5.41) is 50.7. The van der Waals surface area contributed by atoms with Gasteiger partial charge in [0.05, 0.1) is 41.0 Å². The smallest absolute Gasteiger partial charge is 0.335 e. The normalized spacial score (nSPS) is 11.1. The fourth-order valence-electron chi connectivity index (χ4n) is 6.00. The summed E-state index contributed by atoms with van der Waals surface area (Å²) in [6.45, 7) is 3.37. The Morgan fingerprint density at radius 1 is 0.710 bits per heavy atom. The third kappa shape index (κ3) is 10.2. The van der Waals surface area contributed by atoms with Crippen molar-refractivity contribution in [2.24, 2.45) is 5.73 Å². The number of hydrogen-bond donors (Lipinski definition) is 8. The zero-order valence-corrected chi connectivity index (χ0v) is 32.9. The quantitative estimate of drug-likeness (QED) is 0.0652. The number of nitrogens with one attached hydrogen (secondary N) is 5. The number of anilines is 3. The number of aromatic nitrogens is 3. The van der Waals surface area contributed by atoms with Crippen molar-refractivity contribution in [2.75, 3.05) is 16.0 Å². The molecule has 1 aromatic heterocycles. The van der Waals surface area contributed by atoms with Gasteiger partial charge in [0, 0.05) is 33.6 Å². The number of H-pyrrole nitrogens is 1. The third-order valence-electron chi connectivity index (χ3n) is 9.07. The second-order valence-electron chi connectivity index (χ2n) is 13.8.